The Hall–Kier alpha value is -2.16. The first-order valence-electron chi connectivity index (χ1n) is 4.93. The summed E-state index contributed by atoms with van der Waals surface area (Å²) in [5, 5.41) is 9.07. The third-order valence-corrected chi connectivity index (χ3v) is 2.38. The predicted molar refractivity (Wildman–Crippen MR) is 61.4 cm³/mol. The lowest BCUT2D eigenvalue weighted by atomic mass is 10.0. The summed E-state index contributed by atoms with van der Waals surface area (Å²) in [5.41, 5.74) is 2.91. The van der Waals surface area contributed by atoms with Crippen LogP contribution in [0.25, 0.3) is 11.1 Å². The number of aromatic nitrogens is 1. The number of hydrogen-bond donors (Lipinski definition) is 1. The molecule has 0 fully saturated rings. The van der Waals surface area contributed by atoms with E-state index in [-0.39, 0.29) is 5.56 Å². The molecule has 1 heterocycles. The lowest BCUT2D eigenvalue weighted by Crippen LogP contribution is -1.99. The second kappa shape index (κ2) is 4.14. The summed E-state index contributed by atoms with van der Waals surface area (Å²) in [7, 11) is 0. The number of aryl methyl sites for hydroxylation is 1. The molecule has 0 saturated carbocycles. The summed E-state index contributed by atoms with van der Waals surface area (Å²) in [5.74, 6) is -0.932. The maximum absolute atomic E-state index is 11.1. The Kier molecular flexibility index (Phi) is 2.68. The number of carboxylic acids is 1. The number of carbonyl (C=O) groups is 1. The van der Waals surface area contributed by atoms with Crippen LogP contribution in [-0.2, 0) is 0 Å². The third kappa shape index (κ3) is 1.93. The molecule has 0 bridgehead atoms. The first-order valence-corrected chi connectivity index (χ1v) is 4.93. The van der Waals surface area contributed by atoms with E-state index in [9.17, 15) is 4.79 Å². The zero-order chi connectivity index (χ0) is 11.5. The SMILES string of the molecule is Cc1cccc(-c2cnccc2C(=O)O)c1. The van der Waals surface area contributed by atoms with E-state index < -0.39 is 5.97 Å². The molecule has 0 unspecified atom stereocenters. The summed E-state index contributed by atoms with van der Waals surface area (Å²) in [6, 6.07) is 9.23. The molecule has 0 radical (unpaired) electrons. The fourth-order valence-electron chi connectivity index (χ4n) is 1.62. The van der Waals surface area contributed by atoms with Crippen molar-refractivity contribution in [2.45, 2.75) is 6.92 Å². The highest BCUT2D eigenvalue weighted by Gasteiger charge is 2.10. The quantitative estimate of drug-likeness (QED) is 0.834. The molecular weight excluding hydrogens is 202 g/mol. The van der Waals surface area contributed by atoms with Gasteiger partial charge in [0.15, 0.2) is 0 Å². The molecular formula is C13H11NO2. The van der Waals surface area contributed by atoms with Crippen molar-refractivity contribution in [3.8, 4) is 11.1 Å². The summed E-state index contributed by atoms with van der Waals surface area (Å²) >= 11 is 0. The zero-order valence-electron chi connectivity index (χ0n) is 8.84. The van der Waals surface area contributed by atoms with Gasteiger partial charge < -0.3 is 5.11 Å². The van der Waals surface area contributed by atoms with Gasteiger partial charge in [0.25, 0.3) is 0 Å². The molecule has 0 amide bonds. The third-order valence-electron chi connectivity index (χ3n) is 2.38. The number of benzene rings is 1. The van der Waals surface area contributed by atoms with Gasteiger partial charge in [0.05, 0.1) is 5.56 Å². The molecule has 3 nitrogen and oxygen atoms in total. The highest BCUT2D eigenvalue weighted by molar-refractivity contribution is 5.95. The van der Waals surface area contributed by atoms with E-state index in [1.54, 1.807) is 6.20 Å². The Morgan fingerprint density at radius 2 is 2.12 bits per heavy atom. The van der Waals surface area contributed by atoms with Gasteiger partial charge in [-0.05, 0) is 18.6 Å². The van der Waals surface area contributed by atoms with Gasteiger partial charge in [-0.1, -0.05) is 29.8 Å². The fourth-order valence-corrected chi connectivity index (χ4v) is 1.62. The molecule has 3 heteroatoms. The molecule has 1 N–H and O–H groups in total. The summed E-state index contributed by atoms with van der Waals surface area (Å²) in [6.07, 6.45) is 3.07. The molecule has 80 valence electrons. The molecule has 2 aromatic rings. The minimum Gasteiger partial charge on any atom is -0.478 e. The number of pyridine rings is 1. The van der Waals surface area contributed by atoms with E-state index in [0.717, 1.165) is 11.1 Å². The number of carboxylic acid groups (broad SMARTS) is 1. The zero-order valence-corrected chi connectivity index (χ0v) is 8.84. The van der Waals surface area contributed by atoms with Gasteiger partial charge in [-0.25, -0.2) is 4.79 Å². The molecule has 0 aliphatic carbocycles. The van der Waals surface area contributed by atoms with Gasteiger partial charge in [0, 0.05) is 18.0 Å². The molecule has 0 aliphatic heterocycles. The molecule has 0 spiro atoms. The largest absolute Gasteiger partial charge is 0.478 e. The van der Waals surface area contributed by atoms with E-state index in [0.29, 0.717) is 5.56 Å². The highest BCUT2D eigenvalue weighted by atomic mass is 16.4. The second-order valence-electron chi connectivity index (χ2n) is 3.60. The van der Waals surface area contributed by atoms with Crippen molar-refractivity contribution < 1.29 is 9.90 Å². The van der Waals surface area contributed by atoms with Gasteiger partial charge in [-0.15, -0.1) is 0 Å². The highest BCUT2D eigenvalue weighted by Crippen LogP contribution is 2.23. The lowest BCUT2D eigenvalue weighted by Gasteiger charge is -2.05. The van der Waals surface area contributed by atoms with Crippen molar-refractivity contribution in [1.82, 2.24) is 4.98 Å². The maximum Gasteiger partial charge on any atom is 0.336 e. The van der Waals surface area contributed by atoms with Crippen LogP contribution in [0.1, 0.15) is 15.9 Å². The molecule has 0 aliphatic rings. The van der Waals surface area contributed by atoms with E-state index >= 15 is 0 Å². The van der Waals surface area contributed by atoms with E-state index in [1.165, 1.54) is 12.3 Å². The van der Waals surface area contributed by atoms with E-state index in [4.69, 9.17) is 5.11 Å². The number of nitrogens with zero attached hydrogens (tertiary/aromatic N) is 1. The normalized spacial score (nSPS) is 10.1. The van der Waals surface area contributed by atoms with Crippen LogP contribution in [0.15, 0.2) is 42.7 Å². The summed E-state index contributed by atoms with van der Waals surface area (Å²) < 4.78 is 0. The van der Waals surface area contributed by atoms with Crippen LogP contribution in [-0.4, -0.2) is 16.1 Å². The average molecular weight is 213 g/mol. The Balaban J connectivity index is 2.60. The molecule has 16 heavy (non-hydrogen) atoms. The van der Waals surface area contributed by atoms with Crippen molar-refractivity contribution >= 4 is 5.97 Å². The standard InChI is InChI=1S/C13H11NO2/c1-9-3-2-4-10(7-9)12-8-14-6-5-11(12)13(15)16/h2-8H,1H3,(H,15,16). The van der Waals surface area contributed by atoms with Gasteiger partial charge in [0.1, 0.15) is 0 Å². The van der Waals surface area contributed by atoms with Crippen molar-refractivity contribution in [3.05, 3.63) is 53.9 Å². The molecule has 0 saturated heterocycles. The van der Waals surface area contributed by atoms with Crippen molar-refractivity contribution in [1.29, 1.82) is 0 Å². The van der Waals surface area contributed by atoms with E-state index in [2.05, 4.69) is 4.98 Å². The van der Waals surface area contributed by atoms with Gasteiger partial charge in [0.2, 0.25) is 0 Å². The maximum atomic E-state index is 11.1. The predicted octanol–water partition coefficient (Wildman–Crippen LogP) is 2.76. The van der Waals surface area contributed by atoms with Crippen LogP contribution >= 0.6 is 0 Å². The Bertz CT molecular complexity index is 535. The van der Waals surface area contributed by atoms with Crippen LogP contribution in [0.5, 0.6) is 0 Å². The summed E-state index contributed by atoms with van der Waals surface area (Å²) in [4.78, 5) is 15.0. The van der Waals surface area contributed by atoms with Crippen molar-refractivity contribution in [3.63, 3.8) is 0 Å². The monoisotopic (exact) mass is 213 g/mol. The summed E-state index contributed by atoms with van der Waals surface area (Å²) in [6.45, 7) is 1.97. The second-order valence-corrected chi connectivity index (χ2v) is 3.60. The smallest absolute Gasteiger partial charge is 0.336 e. The minimum atomic E-state index is -0.932. The van der Waals surface area contributed by atoms with Crippen molar-refractivity contribution in [2.24, 2.45) is 0 Å². The van der Waals surface area contributed by atoms with E-state index in [1.807, 2.05) is 31.2 Å². The first-order chi connectivity index (χ1) is 7.68. The van der Waals surface area contributed by atoms with Gasteiger partial charge in [-0.3, -0.25) is 4.98 Å². The van der Waals surface area contributed by atoms with Crippen LogP contribution < -0.4 is 0 Å². The molecule has 0 atom stereocenters. The molecule has 1 aromatic carbocycles. The lowest BCUT2D eigenvalue weighted by molar-refractivity contribution is 0.0697. The van der Waals surface area contributed by atoms with Crippen LogP contribution in [0.4, 0.5) is 0 Å². The topological polar surface area (TPSA) is 50.2 Å². The Morgan fingerprint density at radius 3 is 2.81 bits per heavy atom. The average Bonchev–Trinajstić information content (AvgIpc) is 2.29. The van der Waals surface area contributed by atoms with Crippen LogP contribution in [0, 0.1) is 6.92 Å². The molecule has 2 rings (SSSR count). The number of hydrogen-bond acceptors (Lipinski definition) is 2. The number of rotatable bonds is 2. The Morgan fingerprint density at radius 1 is 1.31 bits per heavy atom. The fraction of sp³-hybridized carbons (Fsp3) is 0.0769. The molecule has 1 aromatic heterocycles. The Labute approximate surface area is 93.4 Å². The van der Waals surface area contributed by atoms with Crippen molar-refractivity contribution in [2.75, 3.05) is 0 Å². The first kappa shape index (κ1) is 10.4. The van der Waals surface area contributed by atoms with Gasteiger partial charge >= 0.3 is 5.97 Å². The number of aromatic carboxylic acids is 1. The minimum absolute atomic E-state index is 0.278. The van der Waals surface area contributed by atoms with Crippen LogP contribution in [0.3, 0.4) is 0 Å². The van der Waals surface area contributed by atoms with Crippen LogP contribution in [0.2, 0.25) is 0 Å². The van der Waals surface area contributed by atoms with Gasteiger partial charge in [-0.2, -0.15) is 0 Å².